The van der Waals surface area contributed by atoms with Gasteiger partial charge < -0.3 is 28.8 Å². The average Bonchev–Trinajstić information content (AvgIpc) is 3.21. The van der Waals surface area contributed by atoms with E-state index < -0.39 is 26.6 Å². The van der Waals surface area contributed by atoms with Gasteiger partial charge in [0.25, 0.3) is 7.82 Å². The molecule has 0 spiro atoms. The molecule has 0 aromatic rings. The second kappa shape index (κ2) is 44.2. The van der Waals surface area contributed by atoms with Crippen LogP contribution in [0.4, 0.5) is 0 Å². The number of phosphoric acid groups is 1. The summed E-state index contributed by atoms with van der Waals surface area (Å²) in [5.74, 6) is -0.208. The molecule has 0 saturated heterocycles. The van der Waals surface area contributed by atoms with E-state index in [2.05, 4.69) is 31.3 Å². The van der Waals surface area contributed by atoms with Gasteiger partial charge in [-0.2, -0.15) is 0 Å². The van der Waals surface area contributed by atoms with Crippen LogP contribution >= 0.6 is 7.82 Å². The molecule has 2 N–H and O–H groups in total. The van der Waals surface area contributed by atoms with E-state index in [0.29, 0.717) is 17.4 Å². The van der Waals surface area contributed by atoms with Crippen LogP contribution in [0.1, 0.15) is 251 Å². The summed E-state index contributed by atoms with van der Waals surface area (Å²) >= 11 is 0. The first-order valence-electron chi connectivity index (χ1n) is 26.2. The van der Waals surface area contributed by atoms with Gasteiger partial charge in [-0.05, 0) is 25.7 Å². The SMILES string of the molecule is CCC/C=C/CC/C=C/C(O)C(COP(=O)([O-])OCC[N+](C)(C)C)NC(=O)CCCCCCCCCCCCCCCCCCCCCCCCCCCCCCCCCC. The highest BCUT2D eigenvalue weighted by atomic mass is 31.2. The van der Waals surface area contributed by atoms with E-state index in [0.717, 1.165) is 44.9 Å². The Hall–Kier alpha value is -1.02. The van der Waals surface area contributed by atoms with Gasteiger partial charge in [0, 0.05) is 6.42 Å². The monoisotopic (exact) mass is 883 g/mol. The number of aliphatic hydroxyl groups is 1. The van der Waals surface area contributed by atoms with E-state index in [1.54, 1.807) is 6.08 Å². The van der Waals surface area contributed by atoms with Crippen LogP contribution in [0.3, 0.4) is 0 Å². The number of rotatable bonds is 48. The number of amides is 1. The summed E-state index contributed by atoms with van der Waals surface area (Å²) in [6.07, 6.45) is 54.5. The second-order valence-corrected chi connectivity index (χ2v) is 20.6. The van der Waals surface area contributed by atoms with Crippen molar-refractivity contribution >= 4 is 13.7 Å². The van der Waals surface area contributed by atoms with Crippen LogP contribution in [0, 0.1) is 0 Å². The van der Waals surface area contributed by atoms with Gasteiger partial charge in [0.2, 0.25) is 5.91 Å². The fraction of sp³-hybridized carbons (Fsp3) is 0.904. The minimum Gasteiger partial charge on any atom is -0.756 e. The van der Waals surface area contributed by atoms with Crippen LogP contribution < -0.4 is 10.2 Å². The number of likely N-dealkylation sites (N-methyl/N-ethyl adjacent to an activating group) is 1. The number of phosphoric ester groups is 1. The Balaban J connectivity index is 3.84. The zero-order valence-corrected chi connectivity index (χ0v) is 42.0. The van der Waals surface area contributed by atoms with Gasteiger partial charge in [-0.15, -0.1) is 0 Å². The topological polar surface area (TPSA) is 108 Å². The van der Waals surface area contributed by atoms with E-state index in [1.165, 1.54) is 186 Å². The van der Waals surface area contributed by atoms with E-state index in [4.69, 9.17) is 9.05 Å². The highest BCUT2D eigenvalue weighted by Crippen LogP contribution is 2.38. The van der Waals surface area contributed by atoms with Crippen molar-refractivity contribution < 1.29 is 32.9 Å². The smallest absolute Gasteiger partial charge is 0.268 e. The number of unbranched alkanes of at least 4 members (excludes halogenated alkanes) is 33. The number of carbonyl (C=O) groups excluding carboxylic acids is 1. The number of quaternary nitrogens is 1. The zero-order chi connectivity index (χ0) is 45.0. The maximum atomic E-state index is 12.8. The standard InChI is InChI=1S/C52H103N2O6P/c1-6-8-10-12-14-15-16-17-18-19-20-21-22-23-24-25-26-27-28-29-30-31-32-33-34-35-36-37-38-40-42-44-46-52(56)53-50(51(55)45-43-41-39-13-11-9-7-2)49-60-61(57,58)59-48-47-54(3,4)5/h11,13,43,45,50-51,55H,6-10,12,14-42,44,46-49H2,1-5H3,(H-,53,56,57,58)/b13-11+,45-43+. The van der Waals surface area contributed by atoms with Crippen molar-refractivity contribution in [1.29, 1.82) is 0 Å². The largest absolute Gasteiger partial charge is 0.756 e. The number of hydrogen-bond acceptors (Lipinski definition) is 6. The quantitative estimate of drug-likeness (QED) is 0.0273. The van der Waals surface area contributed by atoms with Crippen LogP contribution in [0.2, 0.25) is 0 Å². The molecule has 8 nitrogen and oxygen atoms in total. The minimum absolute atomic E-state index is 0.00494. The molecule has 0 aliphatic heterocycles. The molecule has 0 aromatic carbocycles. The lowest BCUT2D eigenvalue weighted by molar-refractivity contribution is -0.870. The Bertz CT molecular complexity index is 1050. The van der Waals surface area contributed by atoms with Gasteiger partial charge >= 0.3 is 0 Å². The first-order chi connectivity index (χ1) is 29.5. The lowest BCUT2D eigenvalue weighted by Crippen LogP contribution is -2.45. The van der Waals surface area contributed by atoms with Crippen LogP contribution in [0.15, 0.2) is 24.3 Å². The molecule has 61 heavy (non-hydrogen) atoms. The highest BCUT2D eigenvalue weighted by molar-refractivity contribution is 7.45. The van der Waals surface area contributed by atoms with E-state index in [-0.39, 0.29) is 12.5 Å². The molecule has 0 aliphatic rings. The van der Waals surface area contributed by atoms with Crippen LogP contribution in [0.25, 0.3) is 0 Å². The highest BCUT2D eigenvalue weighted by Gasteiger charge is 2.23. The van der Waals surface area contributed by atoms with Crippen molar-refractivity contribution in [2.75, 3.05) is 40.9 Å². The number of nitrogens with one attached hydrogen (secondary N) is 1. The molecule has 0 aromatic heterocycles. The Kier molecular flexibility index (Phi) is 43.5. The summed E-state index contributed by atoms with van der Waals surface area (Å²) in [5.41, 5.74) is 0. The first kappa shape index (κ1) is 60.0. The first-order valence-corrected chi connectivity index (χ1v) is 27.7. The van der Waals surface area contributed by atoms with Gasteiger partial charge in [-0.25, -0.2) is 0 Å². The summed E-state index contributed by atoms with van der Waals surface area (Å²) in [4.78, 5) is 25.2. The third-order valence-corrected chi connectivity index (χ3v) is 12.9. The van der Waals surface area contributed by atoms with Crippen molar-refractivity contribution in [2.24, 2.45) is 0 Å². The summed E-state index contributed by atoms with van der Waals surface area (Å²) in [5, 5.41) is 13.6. The molecule has 0 radical (unpaired) electrons. The lowest BCUT2D eigenvalue weighted by atomic mass is 10.0. The number of nitrogens with zero attached hydrogens (tertiary/aromatic N) is 1. The summed E-state index contributed by atoms with van der Waals surface area (Å²) < 4.78 is 23.1. The van der Waals surface area contributed by atoms with Gasteiger partial charge in [-0.1, -0.05) is 244 Å². The van der Waals surface area contributed by atoms with Gasteiger partial charge in [-0.3, -0.25) is 9.36 Å². The minimum atomic E-state index is -4.58. The molecule has 9 heteroatoms. The summed E-state index contributed by atoms with van der Waals surface area (Å²) in [6, 6.07) is -0.896. The molecule has 0 rings (SSSR count). The summed E-state index contributed by atoms with van der Waals surface area (Å²) in [7, 11) is 1.25. The molecule has 1 amide bonds. The Labute approximate surface area is 379 Å². The number of allylic oxidation sites excluding steroid dienone is 3. The Morgan fingerprint density at radius 2 is 0.918 bits per heavy atom. The third kappa shape index (κ3) is 46.8. The number of aliphatic hydroxyl groups excluding tert-OH is 1. The van der Waals surface area contributed by atoms with Crippen molar-refractivity contribution in [3.63, 3.8) is 0 Å². The predicted molar refractivity (Wildman–Crippen MR) is 261 cm³/mol. The molecule has 3 atom stereocenters. The van der Waals surface area contributed by atoms with Crippen LogP contribution in [-0.2, 0) is 18.4 Å². The zero-order valence-electron chi connectivity index (χ0n) is 41.1. The van der Waals surface area contributed by atoms with Crippen LogP contribution in [-0.4, -0.2) is 68.5 Å². The van der Waals surface area contributed by atoms with E-state index >= 15 is 0 Å². The number of carbonyl (C=O) groups is 1. The molecule has 0 fully saturated rings. The van der Waals surface area contributed by atoms with Gasteiger partial charge in [0.1, 0.15) is 13.2 Å². The van der Waals surface area contributed by atoms with Crippen molar-refractivity contribution in [3.05, 3.63) is 24.3 Å². The predicted octanol–water partition coefficient (Wildman–Crippen LogP) is 14.6. The molecule has 3 unspecified atom stereocenters. The molecular weight excluding hydrogens is 780 g/mol. The Morgan fingerprint density at radius 3 is 1.30 bits per heavy atom. The second-order valence-electron chi connectivity index (χ2n) is 19.2. The van der Waals surface area contributed by atoms with Gasteiger partial charge in [0.15, 0.2) is 0 Å². The molecule has 0 heterocycles. The Morgan fingerprint density at radius 1 is 0.557 bits per heavy atom. The molecular formula is C52H103N2O6P. The molecule has 362 valence electrons. The lowest BCUT2D eigenvalue weighted by Gasteiger charge is -2.29. The maximum absolute atomic E-state index is 12.8. The normalized spacial score (nSPS) is 14.3. The van der Waals surface area contributed by atoms with E-state index in [9.17, 15) is 19.4 Å². The molecule has 0 aliphatic carbocycles. The average molecular weight is 883 g/mol. The maximum Gasteiger partial charge on any atom is 0.268 e. The molecule has 0 bridgehead atoms. The van der Waals surface area contributed by atoms with Crippen LogP contribution in [0.5, 0.6) is 0 Å². The summed E-state index contributed by atoms with van der Waals surface area (Å²) in [6.45, 7) is 4.53. The fourth-order valence-electron chi connectivity index (χ4n) is 7.77. The van der Waals surface area contributed by atoms with Crippen molar-refractivity contribution in [2.45, 2.75) is 264 Å². The number of hydrogen-bond donors (Lipinski definition) is 2. The van der Waals surface area contributed by atoms with Gasteiger partial charge in [0.05, 0.1) is 39.9 Å². The van der Waals surface area contributed by atoms with E-state index in [1.807, 2.05) is 27.2 Å². The van der Waals surface area contributed by atoms with Crippen molar-refractivity contribution in [3.8, 4) is 0 Å². The fourth-order valence-corrected chi connectivity index (χ4v) is 8.49. The molecule has 0 saturated carbocycles. The third-order valence-electron chi connectivity index (χ3n) is 11.9. The van der Waals surface area contributed by atoms with Crippen molar-refractivity contribution in [1.82, 2.24) is 5.32 Å².